The van der Waals surface area contributed by atoms with E-state index < -0.39 is 0 Å². The Balaban J connectivity index is 2.24. The first-order valence-corrected chi connectivity index (χ1v) is 6.92. The van der Waals surface area contributed by atoms with E-state index in [9.17, 15) is 4.39 Å². The zero-order valence-corrected chi connectivity index (χ0v) is 12.2. The fourth-order valence-corrected chi connectivity index (χ4v) is 2.15. The highest BCUT2D eigenvalue weighted by atomic mass is 79.9. The third-order valence-corrected chi connectivity index (χ3v) is 3.23. The van der Waals surface area contributed by atoms with Crippen LogP contribution in [0.25, 0.3) is 11.3 Å². The van der Waals surface area contributed by atoms with Gasteiger partial charge in [0.15, 0.2) is 0 Å². The lowest BCUT2D eigenvalue weighted by Crippen LogP contribution is -2.09. The van der Waals surface area contributed by atoms with Gasteiger partial charge in [-0.3, -0.25) is 0 Å². The zero-order valence-electron chi connectivity index (χ0n) is 10.7. The fourth-order valence-electron chi connectivity index (χ4n) is 1.79. The number of nitrogens with one attached hydrogen (secondary N) is 1. The molecule has 0 aliphatic rings. The van der Waals surface area contributed by atoms with Crippen molar-refractivity contribution in [3.8, 4) is 11.3 Å². The van der Waals surface area contributed by atoms with Crippen LogP contribution in [0.15, 0.2) is 34.9 Å². The SMILES string of the molecule is CNCCCc1nccc(-c2cc(Br)ccc2F)n1. The van der Waals surface area contributed by atoms with Crippen LogP contribution in [0.5, 0.6) is 0 Å². The summed E-state index contributed by atoms with van der Waals surface area (Å²) in [5.74, 6) is 0.468. The molecule has 19 heavy (non-hydrogen) atoms. The molecule has 0 aliphatic carbocycles. The number of nitrogens with zero attached hydrogens (tertiary/aromatic N) is 2. The van der Waals surface area contributed by atoms with Crippen LogP contribution in [0, 0.1) is 5.82 Å². The molecule has 0 unspecified atom stereocenters. The maximum Gasteiger partial charge on any atom is 0.132 e. The molecule has 0 bridgehead atoms. The van der Waals surface area contributed by atoms with Gasteiger partial charge in [0.05, 0.1) is 5.69 Å². The van der Waals surface area contributed by atoms with Gasteiger partial charge in [-0.25, -0.2) is 14.4 Å². The standard InChI is InChI=1S/C14H15BrFN3/c1-17-7-2-3-14-18-8-6-13(19-14)11-9-10(15)4-5-12(11)16/h4-6,8-9,17H,2-3,7H2,1H3. The molecule has 0 atom stereocenters. The minimum Gasteiger partial charge on any atom is -0.320 e. The molecule has 1 aromatic carbocycles. The van der Waals surface area contributed by atoms with Crippen molar-refractivity contribution < 1.29 is 4.39 Å². The number of aromatic nitrogens is 2. The van der Waals surface area contributed by atoms with Crippen LogP contribution in [0.1, 0.15) is 12.2 Å². The number of benzene rings is 1. The predicted octanol–water partition coefficient (Wildman–Crippen LogP) is 3.20. The molecule has 0 saturated heterocycles. The van der Waals surface area contributed by atoms with Crippen LogP contribution in [0.2, 0.25) is 0 Å². The van der Waals surface area contributed by atoms with Gasteiger partial charge in [-0.05, 0) is 44.3 Å². The molecule has 1 aromatic heterocycles. The van der Waals surface area contributed by atoms with Crippen molar-refractivity contribution in [2.45, 2.75) is 12.8 Å². The van der Waals surface area contributed by atoms with Crippen molar-refractivity contribution in [1.29, 1.82) is 0 Å². The Morgan fingerprint density at radius 3 is 2.95 bits per heavy atom. The number of hydrogen-bond acceptors (Lipinski definition) is 3. The quantitative estimate of drug-likeness (QED) is 0.859. The largest absolute Gasteiger partial charge is 0.320 e. The number of hydrogen-bond donors (Lipinski definition) is 1. The predicted molar refractivity (Wildman–Crippen MR) is 77.4 cm³/mol. The molecule has 0 amide bonds. The number of rotatable bonds is 5. The summed E-state index contributed by atoms with van der Waals surface area (Å²) >= 11 is 3.35. The van der Waals surface area contributed by atoms with Gasteiger partial charge >= 0.3 is 0 Å². The second kappa shape index (κ2) is 6.73. The van der Waals surface area contributed by atoms with Crippen molar-refractivity contribution in [3.63, 3.8) is 0 Å². The molecular formula is C14H15BrFN3. The fraction of sp³-hybridized carbons (Fsp3) is 0.286. The monoisotopic (exact) mass is 323 g/mol. The van der Waals surface area contributed by atoms with Crippen LogP contribution in [-0.2, 0) is 6.42 Å². The van der Waals surface area contributed by atoms with Crippen molar-refractivity contribution >= 4 is 15.9 Å². The molecular weight excluding hydrogens is 309 g/mol. The normalized spacial score (nSPS) is 10.7. The van der Waals surface area contributed by atoms with E-state index in [1.807, 2.05) is 7.05 Å². The summed E-state index contributed by atoms with van der Waals surface area (Å²) in [5.41, 5.74) is 1.11. The summed E-state index contributed by atoms with van der Waals surface area (Å²) in [6.07, 6.45) is 3.42. The van der Waals surface area contributed by atoms with Crippen molar-refractivity contribution in [3.05, 3.63) is 46.6 Å². The molecule has 0 fully saturated rings. The Bertz CT molecular complexity index is 560. The van der Waals surface area contributed by atoms with Crippen LogP contribution in [0.3, 0.4) is 0 Å². The second-order valence-corrected chi connectivity index (χ2v) is 5.11. The van der Waals surface area contributed by atoms with E-state index in [0.717, 1.165) is 29.7 Å². The highest BCUT2D eigenvalue weighted by Crippen LogP contribution is 2.24. The van der Waals surface area contributed by atoms with E-state index in [1.165, 1.54) is 6.07 Å². The highest BCUT2D eigenvalue weighted by Gasteiger charge is 2.08. The lowest BCUT2D eigenvalue weighted by atomic mass is 10.1. The van der Waals surface area contributed by atoms with Crippen molar-refractivity contribution in [2.24, 2.45) is 0 Å². The minimum absolute atomic E-state index is 0.275. The molecule has 5 heteroatoms. The lowest BCUT2D eigenvalue weighted by Gasteiger charge is -2.05. The van der Waals surface area contributed by atoms with Gasteiger partial charge in [0, 0.05) is 22.7 Å². The first-order chi connectivity index (χ1) is 9.20. The topological polar surface area (TPSA) is 37.8 Å². The molecule has 1 N–H and O–H groups in total. The number of aryl methyl sites for hydroxylation is 1. The van der Waals surface area contributed by atoms with E-state index >= 15 is 0 Å². The third-order valence-electron chi connectivity index (χ3n) is 2.74. The molecule has 100 valence electrons. The third kappa shape index (κ3) is 3.81. The first kappa shape index (κ1) is 14.1. The van der Waals surface area contributed by atoms with E-state index in [2.05, 4.69) is 31.2 Å². The summed E-state index contributed by atoms with van der Waals surface area (Å²) in [6.45, 7) is 0.916. The Hall–Kier alpha value is -1.33. The Morgan fingerprint density at radius 2 is 2.16 bits per heavy atom. The van der Waals surface area contributed by atoms with E-state index in [-0.39, 0.29) is 5.82 Å². The van der Waals surface area contributed by atoms with Gasteiger partial charge in [-0.1, -0.05) is 15.9 Å². The molecule has 3 nitrogen and oxygen atoms in total. The van der Waals surface area contributed by atoms with E-state index in [0.29, 0.717) is 11.3 Å². The van der Waals surface area contributed by atoms with Crippen LogP contribution >= 0.6 is 15.9 Å². The van der Waals surface area contributed by atoms with Gasteiger partial charge in [0.25, 0.3) is 0 Å². The molecule has 0 saturated carbocycles. The van der Waals surface area contributed by atoms with Gasteiger partial charge < -0.3 is 5.32 Å². The van der Waals surface area contributed by atoms with Gasteiger partial charge in [-0.2, -0.15) is 0 Å². The first-order valence-electron chi connectivity index (χ1n) is 6.12. The smallest absolute Gasteiger partial charge is 0.132 e. The van der Waals surface area contributed by atoms with Gasteiger partial charge in [0.1, 0.15) is 11.6 Å². The molecule has 1 heterocycles. The average Bonchev–Trinajstić information content (AvgIpc) is 2.42. The highest BCUT2D eigenvalue weighted by molar-refractivity contribution is 9.10. The van der Waals surface area contributed by atoms with Crippen LogP contribution in [-0.4, -0.2) is 23.6 Å². The molecule has 2 rings (SSSR count). The summed E-state index contributed by atoms with van der Waals surface area (Å²) in [5, 5.41) is 3.08. The van der Waals surface area contributed by atoms with Crippen molar-refractivity contribution in [1.82, 2.24) is 15.3 Å². The molecule has 2 aromatic rings. The lowest BCUT2D eigenvalue weighted by molar-refractivity contribution is 0.630. The Kier molecular flexibility index (Phi) is 4.99. The zero-order chi connectivity index (χ0) is 13.7. The van der Waals surface area contributed by atoms with Gasteiger partial charge in [-0.15, -0.1) is 0 Å². The molecule has 0 radical (unpaired) electrons. The van der Waals surface area contributed by atoms with Crippen LogP contribution < -0.4 is 5.32 Å². The minimum atomic E-state index is -0.275. The van der Waals surface area contributed by atoms with Crippen LogP contribution in [0.4, 0.5) is 4.39 Å². The summed E-state index contributed by atoms with van der Waals surface area (Å²) in [7, 11) is 1.91. The summed E-state index contributed by atoms with van der Waals surface area (Å²) < 4.78 is 14.6. The Morgan fingerprint density at radius 1 is 1.32 bits per heavy atom. The van der Waals surface area contributed by atoms with E-state index in [4.69, 9.17) is 0 Å². The Labute approximate surface area is 120 Å². The molecule has 0 aliphatic heterocycles. The van der Waals surface area contributed by atoms with Crippen molar-refractivity contribution in [2.75, 3.05) is 13.6 Å². The molecule has 0 spiro atoms. The number of halogens is 2. The summed E-state index contributed by atoms with van der Waals surface area (Å²) in [6, 6.07) is 6.57. The van der Waals surface area contributed by atoms with E-state index in [1.54, 1.807) is 24.4 Å². The second-order valence-electron chi connectivity index (χ2n) is 4.19. The maximum absolute atomic E-state index is 13.8. The van der Waals surface area contributed by atoms with Gasteiger partial charge in [0.2, 0.25) is 0 Å². The average molecular weight is 324 g/mol. The summed E-state index contributed by atoms with van der Waals surface area (Å²) in [4.78, 5) is 8.63. The maximum atomic E-state index is 13.8.